The van der Waals surface area contributed by atoms with Crippen molar-refractivity contribution in [3.8, 4) is 0 Å². The maximum absolute atomic E-state index is 11.2. The van der Waals surface area contributed by atoms with Crippen molar-refractivity contribution in [2.75, 3.05) is 26.7 Å². The van der Waals surface area contributed by atoms with E-state index in [0.29, 0.717) is 0 Å². The molecule has 0 aromatic carbocycles. The predicted molar refractivity (Wildman–Crippen MR) is 53.8 cm³/mol. The van der Waals surface area contributed by atoms with Gasteiger partial charge < -0.3 is 10.2 Å². The van der Waals surface area contributed by atoms with Crippen molar-refractivity contribution in [2.24, 2.45) is 0 Å². The Balaban J connectivity index is 2.31. The van der Waals surface area contributed by atoms with E-state index in [0.717, 1.165) is 19.6 Å². The molecule has 1 N–H and O–H groups in total. The molecule has 0 unspecified atom stereocenters. The zero-order valence-corrected chi connectivity index (χ0v) is 8.68. The summed E-state index contributed by atoms with van der Waals surface area (Å²) in [5.41, 5.74) is 0. The van der Waals surface area contributed by atoms with Crippen LogP contribution in [0.5, 0.6) is 0 Å². The number of hydrogen-bond acceptors (Lipinski definition) is 3. The number of carbonyl (C=O) groups is 1. The van der Waals surface area contributed by atoms with Crippen LogP contribution in [0.15, 0.2) is 0 Å². The number of ketones is 1. The van der Waals surface area contributed by atoms with Crippen LogP contribution >= 0.6 is 0 Å². The van der Waals surface area contributed by atoms with E-state index in [1.54, 1.807) is 6.92 Å². The van der Waals surface area contributed by atoms with Gasteiger partial charge in [0.2, 0.25) is 0 Å². The van der Waals surface area contributed by atoms with Gasteiger partial charge in [0, 0.05) is 6.54 Å². The fraction of sp³-hybridized carbons (Fsp3) is 0.900. The summed E-state index contributed by atoms with van der Waals surface area (Å²) in [6.45, 7) is 4.86. The third kappa shape index (κ3) is 3.44. The van der Waals surface area contributed by atoms with Crippen LogP contribution in [-0.4, -0.2) is 43.4 Å². The summed E-state index contributed by atoms with van der Waals surface area (Å²) >= 11 is 0. The zero-order valence-electron chi connectivity index (χ0n) is 8.68. The van der Waals surface area contributed by atoms with Gasteiger partial charge in [-0.05, 0) is 39.9 Å². The van der Waals surface area contributed by atoms with E-state index in [4.69, 9.17) is 0 Å². The molecule has 0 aromatic heterocycles. The molecular formula is C10H20N2O. The van der Waals surface area contributed by atoms with Gasteiger partial charge in [0.1, 0.15) is 5.78 Å². The fourth-order valence-electron chi connectivity index (χ4n) is 1.82. The minimum atomic E-state index is 0.0260. The van der Waals surface area contributed by atoms with E-state index in [9.17, 15) is 4.79 Å². The molecule has 1 rings (SSSR count). The quantitative estimate of drug-likeness (QED) is 0.696. The van der Waals surface area contributed by atoms with Gasteiger partial charge in [-0.25, -0.2) is 0 Å². The first-order valence-electron chi connectivity index (χ1n) is 5.14. The number of nitrogens with one attached hydrogen (secondary N) is 1. The van der Waals surface area contributed by atoms with E-state index in [1.165, 1.54) is 19.3 Å². The van der Waals surface area contributed by atoms with Gasteiger partial charge in [-0.3, -0.25) is 4.79 Å². The normalized spacial score (nSPS) is 21.4. The number of likely N-dealkylation sites (N-methyl/N-ethyl adjacent to an activating group) is 1. The third-order valence-electron chi connectivity index (χ3n) is 2.73. The van der Waals surface area contributed by atoms with Crippen molar-refractivity contribution in [3.05, 3.63) is 0 Å². The second-order valence-corrected chi connectivity index (χ2v) is 3.81. The Morgan fingerprint density at radius 2 is 2.00 bits per heavy atom. The highest BCUT2D eigenvalue weighted by Crippen LogP contribution is 2.08. The van der Waals surface area contributed by atoms with Crippen molar-refractivity contribution in [1.29, 1.82) is 0 Å². The lowest BCUT2D eigenvalue weighted by Crippen LogP contribution is -2.45. The lowest BCUT2D eigenvalue weighted by molar-refractivity contribution is -0.119. The molecule has 1 fully saturated rings. The molecule has 3 nitrogen and oxygen atoms in total. The zero-order chi connectivity index (χ0) is 9.68. The van der Waals surface area contributed by atoms with Crippen LogP contribution in [0.3, 0.4) is 0 Å². The maximum atomic E-state index is 11.2. The number of nitrogens with zero attached hydrogens (tertiary/aromatic N) is 1. The van der Waals surface area contributed by atoms with E-state index in [1.807, 2.05) is 7.05 Å². The smallest absolute Gasteiger partial charge is 0.147 e. The van der Waals surface area contributed by atoms with Crippen LogP contribution in [0.2, 0.25) is 0 Å². The Morgan fingerprint density at radius 3 is 2.46 bits per heavy atom. The van der Waals surface area contributed by atoms with Crippen LogP contribution in [0, 0.1) is 0 Å². The van der Waals surface area contributed by atoms with E-state index < -0.39 is 0 Å². The Kier molecular flexibility index (Phi) is 4.39. The second-order valence-electron chi connectivity index (χ2n) is 3.81. The summed E-state index contributed by atoms with van der Waals surface area (Å²) in [6, 6.07) is 0.0260. The summed E-state index contributed by atoms with van der Waals surface area (Å²) in [5, 5.41) is 3.06. The van der Waals surface area contributed by atoms with Crippen molar-refractivity contribution >= 4 is 5.78 Å². The predicted octanol–water partition coefficient (Wildman–Crippen LogP) is 0.649. The average Bonchev–Trinajstić information content (AvgIpc) is 2.15. The Bertz CT molecular complexity index is 164. The van der Waals surface area contributed by atoms with Gasteiger partial charge in [-0.15, -0.1) is 0 Å². The minimum Gasteiger partial charge on any atom is -0.310 e. The molecule has 76 valence electrons. The van der Waals surface area contributed by atoms with Crippen LogP contribution in [0.25, 0.3) is 0 Å². The van der Waals surface area contributed by atoms with Gasteiger partial charge in [0.15, 0.2) is 0 Å². The third-order valence-corrected chi connectivity index (χ3v) is 2.73. The lowest BCUT2D eigenvalue weighted by Gasteiger charge is -2.29. The summed E-state index contributed by atoms with van der Waals surface area (Å²) in [7, 11) is 1.86. The number of piperidine rings is 1. The minimum absolute atomic E-state index is 0.0260. The SMILES string of the molecule is CN[C@@H](CN1CCCCC1)C(C)=O. The highest BCUT2D eigenvalue weighted by atomic mass is 16.1. The fourth-order valence-corrected chi connectivity index (χ4v) is 1.82. The number of carbonyl (C=O) groups excluding carboxylic acids is 1. The van der Waals surface area contributed by atoms with E-state index in [2.05, 4.69) is 10.2 Å². The van der Waals surface area contributed by atoms with Crippen LogP contribution in [-0.2, 0) is 4.79 Å². The van der Waals surface area contributed by atoms with Crippen molar-refractivity contribution in [1.82, 2.24) is 10.2 Å². The van der Waals surface area contributed by atoms with Crippen molar-refractivity contribution in [2.45, 2.75) is 32.2 Å². The van der Waals surface area contributed by atoms with Gasteiger partial charge in [0.25, 0.3) is 0 Å². The highest BCUT2D eigenvalue weighted by molar-refractivity contribution is 5.81. The van der Waals surface area contributed by atoms with Crippen molar-refractivity contribution in [3.63, 3.8) is 0 Å². The molecule has 1 aliphatic rings. The molecule has 0 amide bonds. The molecule has 1 aliphatic heterocycles. The largest absolute Gasteiger partial charge is 0.310 e. The summed E-state index contributed by atoms with van der Waals surface area (Å²) < 4.78 is 0. The number of likely N-dealkylation sites (tertiary alicyclic amines) is 1. The summed E-state index contributed by atoms with van der Waals surface area (Å²) in [6.07, 6.45) is 3.92. The van der Waals surface area contributed by atoms with Crippen LogP contribution in [0.4, 0.5) is 0 Å². The monoisotopic (exact) mass is 184 g/mol. The molecule has 0 saturated carbocycles. The average molecular weight is 184 g/mol. The number of Topliss-reactive ketones (excluding diaryl/α,β-unsaturated/α-hetero) is 1. The van der Waals surface area contributed by atoms with Crippen molar-refractivity contribution < 1.29 is 4.79 Å². The molecule has 0 aliphatic carbocycles. The Labute approximate surface area is 80.5 Å². The van der Waals surface area contributed by atoms with Crippen LogP contribution < -0.4 is 5.32 Å². The molecule has 3 heteroatoms. The lowest BCUT2D eigenvalue weighted by atomic mass is 10.1. The van der Waals surface area contributed by atoms with Gasteiger partial charge >= 0.3 is 0 Å². The first-order valence-corrected chi connectivity index (χ1v) is 5.14. The molecule has 0 spiro atoms. The van der Waals surface area contributed by atoms with Gasteiger partial charge in [-0.2, -0.15) is 0 Å². The topological polar surface area (TPSA) is 32.3 Å². The Hall–Kier alpha value is -0.410. The molecule has 1 atom stereocenters. The summed E-state index contributed by atoms with van der Waals surface area (Å²) in [4.78, 5) is 13.5. The van der Waals surface area contributed by atoms with Gasteiger partial charge in [0.05, 0.1) is 6.04 Å². The maximum Gasteiger partial charge on any atom is 0.147 e. The number of hydrogen-bond donors (Lipinski definition) is 1. The van der Waals surface area contributed by atoms with Gasteiger partial charge in [-0.1, -0.05) is 6.42 Å². The molecule has 1 heterocycles. The molecular weight excluding hydrogens is 164 g/mol. The highest BCUT2D eigenvalue weighted by Gasteiger charge is 2.17. The Morgan fingerprint density at radius 1 is 1.38 bits per heavy atom. The summed E-state index contributed by atoms with van der Waals surface area (Å²) in [5.74, 6) is 0.244. The second kappa shape index (κ2) is 5.35. The first kappa shape index (κ1) is 10.7. The molecule has 13 heavy (non-hydrogen) atoms. The van der Waals surface area contributed by atoms with Crippen LogP contribution in [0.1, 0.15) is 26.2 Å². The van der Waals surface area contributed by atoms with E-state index in [-0.39, 0.29) is 11.8 Å². The molecule has 0 aromatic rings. The standard InChI is InChI=1S/C10H20N2O/c1-9(13)10(11-2)8-12-6-4-3-5-7-12/h10-11H,3-8H2,1-2H3/t10-/m0/s1. The molecule has 0 bridgehead atoms. The molecule has 1 saturated heterocycles. The number of rotatable bonds is 4. The van der Waals surface area contributed by atoms with E-state index >= 15 is 0 Å². The molecule has 0 radical (unpaired) electrons. The first-order chi connectivity index (χ1) is 6.24.